The first kappa shape index (κ1) is 7.78. The molecule has 0 fully saturated rings. The van der Waals surface area contributed by atoms with Crippen molar-refractivity contribution in [3.63, 3.8) is 0 Å². The lowest BCUT2D eigenvalue weighted by Gasteiger charge is -2.00. The Morgan fingerprint density at radius 3 is 3.00 bits per heavy atom. The Bertz CT molecular complexity index is 213. The minimum absolute atomic E-state index is 0.924. The molecule has 0 amide bonds. The van der Waals surface area contributed by atoms with E-state index in [4.69, 9.17) is 0 Å². The van der Waals surface area contributed by atoms with Crippen LogP contribution in [0.2, 0.25) is 0 Å². The standard InChI is InChI=1S/C7H9IN2/c1-2-9-7-5-3-4-6(8)10-7/h3-5H,2H2,1H3,(H,9,10). The van der Waals surface area contributed by atoms with Crippen molar-refractivity contribution >= 4 is 28.4 Å². The van der Waals surface area contributed by atoms with E-state index in [-0.39, 0.29) is 0 Å². The number of nitrogens with zero attached hydrogens (tertiary/aromatic N) is 1. The molecule has 0 radical (unpaired) electrons. The van der Waals surface area contributed by atoms with Gasteiger partial charge in [-0.1, -0.05) is 6.07 Å². The van der Waals surface area contributed by atoms with Gasteiger partial charge in [0.2, 0.25) is 0 Å². The molecule has 0 saturated heterocycles. The molecule has 1 rings (SSSR count). The Kier molecular flexibility index (Phi) is 2.92. The van der Waals surface area contributed by atoms with E-state index in [1.165, 1.54) is 0 Å². The van der Waals surface area contributed by atoms with Gasteiger partial charge in [-0.2, -0.15) is 0 Å². The van der Waals surface area contributed by atoms with Gasteiger partial charge in [0.1, 0.15) is 9.52 Å². The maximum absolute atomic E-state index is 4.24. The largest absolute Gasteiger partial charge is 0.370 e. The Morgan fingerprint density at radius 2 is 2.40 bits per heavy atom. The highest BCUT2D eigenvalue weighted by molar-refractivity contribution is 14.1. The number of hydrogen-bond acceptors (Lipinski definition) is 2. The molecule has 10 heavy (non-hydrogen) atoms. The van der Waals surface area contributed by atoms with Crippen LogP contribution in [-0.2, 0) is 0 Å². The lowest BCUT2D eigenvalue weighted by atomic mass is 10.4. The zero-order chi connectivity index (χ0) is 7.40. The molecule has 0 atom stereocenters. The van der Waals surface area contributed by atoms with Crippen molar-refractivity contribution in [1.29, 1.82) is 0 Å². The predicted molar refractivity (Wildman–Crippen MR) is 51.1 cm³/mol. The first-order chi connectivity index (χ1) is 4.83. The van der Waals surface area contributed by atoms with Gasteiger partial charge in [-0.25, -0.2) is 4.98 Å². The molecule has 0 unspecified atom stereocenters. The quantitative estimate of drug-likeness (QED) is 0.640. The highest BCUT2D eigenvalue weighted by atomic mass is 127. The summed E-state index contributed by atoms with van der Waals surface area (Å²) in [7, 11) is 0. The van der Waals surface area contributed by atoms with E-state index in [1.807, 2.05) is 18.2 Å². The van der Waals surface area contributed by atoms with Gasteiger partial charge >= 0.3 is 0 Å². The summed E-state index contributed by atoms with van der Waals surface area (Å²) in [6, 6.07) is 5.93. The highest BCUT2D eigenvalue weighted by Gasteiger charge is 1.89. The first-order valence-corrected chi connectivity index (χ1v) is 4.27. The topological polar surface area (TPSA) is 24.9 Å². The summed E-state index contributed by atoms with van der Waals surface area (Å²) in [5, 5.41) is 3.13. The van der Waals surface area contributed by atoms with Crippen LogP contribution in [-0.4, -0.2) is 11.5 Å². The Balaban J connectivity index is 2.75. The second-order valence-electron chi connectivity index (χ2n) is 1.88. The summed E-state index contributed by atoms with van der Waals surface area (Å²) in [5.74, 6) is 0.953. The monoisotopic (exact) mass is 248 g/mol. The van der Waals surface area contributed by atoms with Gasteiger partial charge in [-0.05, 0) is 41.6 Å². The molecule has 0 saturated carbocycles. The number of halogens is 1. The van der Waals surface area contributed by atoms with Gasteiger partial charge in [-0.15, -0.1) is 0 Å². The molecule has 1 N–H and O–H groups in total. The van der Waals surface area contributed by atoms with Crippen LogP contribution in [0.15, 0.2) is 18.2 Å². The second kappa shape index (κ2) is 3.75. The molecule has 0 aromatic carbocycles. The lowest BCUT2D eigenvalue weighted by molar-refractivity contribution is 1.14. The summed E-state index contributed by atoms with van der Waals surface area (Å²) in [4.78, 5) is 4.24. The molecular formula is C7H9IN2. The van der Waals surface area contributed by atoms with Crippen molar-refractivity contribution in [1.82, 2.24) is 4.98 Å². The smallest absolute Gasteiger partial charge is 0.127 e. The highest BCUT2D eigenvalue weighted by Crippen LogP contribution is 2.05. The number of nitrogens with one attached hydrogen (secondary N) is 1. The van der Waals surface area contributed by atoms with E-state index in [1.54, 1.807) is 0 Å². The fourth-order valence-electron chi connectivity index (χ4n) is 0.688. The molecule has 0 aliphatic heterocycles. The summed E-state index contributed by atoms with van der Waals surface area (Å²) in [6.45, 7) is 2.98. The van der Waals surface area contributed by atoms with E-state index in [2.05, 4.69) is 39.8 Å². The van der Waals surface area contributed by atoms with Crippen LogP contribution in [0.5, 0.6) is 0 Å². The molecule has 54 valence electrons. The van der Waals surface area contributed by atoms with E-state index in [0.717, 1.165) is 16.1 Å². The molecule has 0 aliphatic carbocycles. The third-order valence-corrected chi connectivity index (χ3v) is 1.67. The number of hydrogen-bond donors (Lipinski definition) is 1. The number of anilines is 1. The zero-order valence-corrected chi connectivity index (χ0v) is 7.92. The van der Waals surface area contributed by atoms with Crippen LogP contribution >= 0.6 is 22.6 Å². The maximum atomic E-state index is 4.24. The maximum Gasteiger partial charge on any atom is 0.127 e. The molecule has 1 heterocycles. The van der Waals surface area contributed by atoms with Crippen LogP contribution in [0, 0.1) is 3.70 Å². The van der Waals surface area contributed by atoms with Crippen molar-refractivity contribution < 1.29 is 0 Å². The lowest BCUT2D eigenvalue weighted by Crippen LogP contribution is -1.98. The second-order valence-corrected chi connectivity index (χ2v) is 2.98. The molecule has 0 spiro atoms. The van der Waals surface area contributed by atoms with E-state index < -0.39 is 0 Å². The van der Waals surface area contributed by atoms with Gasteiger partial charge in [0, 0.05) is 6.54 Å². The fraction of sp³-hybridized carbons (Fsp3) is 0.286. The number of pyridine rings is 1. The molecular weight excluding hydrogens is 239 g/mol. The van der Waals surface area contributed by atoms with Gasteiger partial charge in [0.25, 0.3) is 0 Å². The van der Waals surface area contributed by atoms with Crippen molar-refractivity contribution in [2.45, 2.75) is 6.92 Å². The van der Waals surface area contributed by atoms with Crippen LogP contribution in [0.1, 0.15) is 6.92 Å². The third kappa shape index (κ3) is 2.13. The summed E-state index contributed by atoms with van der Waals surface area (Å²) in [5.41, 5.74) is 0. The Hall–Kier alpha value is -0.320. The molecule has 3 heteroatoms. The van der Waals surface area contributed by atoms with Crippen molar-refractivity contribution in [3.05, 3.63) is 21.9 Å². The molecule has 1 aromatic heterocycles. The SMILES string of the molecule is CCNc1cccc(I)n1. The van der Waals surface area contributed by atoms with Crippen LogP contribution in [0.4, 0.5) is 5.82 Å². The average molecular weight is 248 g/mol. The summed E-state index contributed by atoms with van der Waals surface area (Å²) in [6.07, 6.45) is 0. The van der Waals surface area contributed by atoms with Crippen LogP contribution in [0.25, 0.3) is 0 Å². The van der Waals surface area contributed by atoms with Gasteiger partial charge in [0.15, 0.2) is 0 Å². The summed E-state index contributed by atoms with van der Waals surface area (Å²) < 4.78 is 1.02. The normalized spacial score (nSPS) is 9.40. The Morgan fingerprint density at radius 1 is 1.60 bits per heavy atom. The zero-order valence-electron chi connectivity index (χ0n) is 5.76. The number of aromatic nitrogens is 1. The minimum Gasteiger partial charge on any atom is -0.370 e. The first-order valence-electron chi connectivity index (χ1n) is 3.19. The molecule has 2 nitrogen and oxygen atoms in total. The summed E-state index contributed by atoms with van der Waals surface area (Å²) >= 11 is 2.19. The van der Waals surface area contributed by atoms with Gasteiger partial charge in [-0.3, -0.25) is 0 Å². The van der Waals surface area contributed by atoms with E-state index >= 15 is 0 Å². The third-order valence-electron chi connectivity index (χ3n) is 1.07. The van der Waals surface area contributed by atoms with Crippen LogP contribution < -0.4 is 5.32 Å². The van der Waals surface area contributed by atoms with Crippen molar-refractivity contribution in [3.8, 4) is 0 Å². The van der Waals surface area contributed by atoms with Crippen LogP contribution in [0.3, 0.4) is 0 Å². The fourth-order valence-corrected chi connectivity index (χ4v) is 1.16. The predicted octanol–water partition coefficient (Wildman–Crippen LogP) is 2.12. The van der Waals surface area contributed by atoms with E-state index in [0.29, 0.717) is 0 Å². The number of rotatable bonds is 2. The van der Waals surface area contributed by atoms with Crippen molar-refractivity contribution in [2.75, 3.05) is 11.9 Å². The van der Waals surface area contributed by atoms with Gasteiger partial charge < -0.3 is 5.32 Å². The molecule has 0 aliphatic rings. The molecule has 1 aromatic rings. The van der Waals surface area contributed by atoms with E-state index in [9.17, 15) is 0 Å². The van der Waals surface area contributed by atoms with Gasteiger partial charge in [0.05, 0.1) is 0 Å². The van der Waals surface area contributed by atoms with Crippen molar-refractivity contribution in [2.24, 2.45) is 0 Å². The average Bonchev–Trinajstić information content (AvgIpc) is 1.88. The Labute approximate surface area is 74.2 Å². The minimum atomic E-state index is 0.924. The molecule has 0 bridgehead atoms.